The second-order valence-electron chi connectivity index (χ2n) is 4.00. The van der Waals surface area contributed by atoms with E-state index in [1.54, 1.807) is 14.2 Å². The maximum absolute atomic E-state index is 5.34. The third-order valence-corrected chi connectivity index (χ3v) is 4.62. The Bertz CT molecular complexity index is 570. The van der Waals surface area contributed by atoms with E-state index in [0.29, 0.717) is 0 Å². The van der Waals surface area contributed by atoms with Gasteiger partial charge in [0.25, 0.3) is 0 Å². The molecule has 0 bridgehead atoms. The molecule has 0 aliphatic heterocycles. The van der Waals surface area contributed by atoms with E-state index in [1.165, 1.54) is 5.56 Å². The Hall–Kier alpha value is -1.00. The topological polar surface area (TPSA) is 18.5 Å². The summed E-state index contributed by atoms with van der Waals surface area (Å²) >= 11 is 7.30. The van der Waals surface area contributed by atoms with Crippen LogP contribution in [-0.2, 0) is 0 Å². The molecule has 0 amide bonds. The minimum Gasteiger partial charge on any atom is -0.493 e. The highest BCUT2D eigenvalue weighted by molar-refractivity contribution is 9.11. The van der Waals surface area contributed by atoms with Crippen molar-refractivity contribution >= 4 is 31.9 Å². The first kappa shape index (κ1) is 14.4. The molecule has 1 atom stereocenters. The van der Waals surface area contributed by atoms with Crippen LogP contribution in [0.15, 0.2) is 46.9 Å². The highest BCUT2D eigenvalue weighted by Crippen LogP contribution is 2.38. The van der Waals surface area contributed by atoms with Crippen molar-refractivity contribution in [1.29, 1.82) is 0 Å². The molecule has 2 rings (SSSR count). The summed E-state index contributed by atoms with van der Waals surface area (Å²) in [4.78, 5) is 0.0999. The molecule has 2 aromatic carbocycles. The first-order valence-electron chi connectivity index (χ1n) is 5.77. The maximum atomic E-state index is 5.34. The number of hydrogen-bond donors (Lipinski definition) is 0. The minimum absolute atomic E-state index is 0.0999. The molecule has 19 heavy (non-hydrogen) atoms. The molecule has 1 unspecified atom stereocenters. The van der Waals surface area contributed by atoms with E-state index in [-0.39, 0.29) is 4.83 Å². The fourth-order valence-electron chi connectivity index (χ4n) is 1.87. The molecule has 0 N–H and O–H groups in total. The molecule has 2 nitrogen and oxygen atoms in total. The fourth-order valence-corrected chi connectivity index (χ4v) is 3.38. The summed E-state index contributed by atoms with van der Waals surface area (Å²) < 4.78 is 11.7. The number of alkyl halides is 1. The molecule has 0 heterocycles. The average Bonchev–Trinajstić information content (AvgIpc) is 2.46. The first-order chi connectivity index (χ1) is 9.17. The van der Waals surface area contributed by atoms with E-state index in [4.69, 9.17) is 9.47 Å². The molecule has 100 valence electrons. The van der Waals surface area contributed by atoms with Gasteiger partial charge >= 0.3 is 0 Å². The van der Waals surface area contributed by atoms with Crippen LogP contribution in [0.2, 0.25) is 0 Å². The van der Waals surface area contributed by atoms with Gasteiger partial charge in [-0.15, -0.1) is 0 Å². The van der Waals surface area contributed by atoms with Crippen LogP contribution >= 0.6 is 31.9 Å². The second-order valence-corrected chi connectivity index (χ2v) is 5.77. The van der Waals surface area contributed by atoms with Gasteiger partial charge in [-0.05, 0) is 29.3 Å². The van der Waals surface area contributed by atoms with Crippen molar-refractivity contribution < 1.29 is 9.47 Å². The monoisotopic (exact) mass is 384 g/mol. The van der Waals surface area contributed by atoms with E-state index in [0.717, 1.165) is 21.5 Å². The van der Waals surface area contributed by atoms with Crippen LogP contribution in [0.5, 0.6) is 11.5 Å². The van der Waals surface area contributed by atoms with Gasteiger partial charge in [0.05, 0.1) is 19.0 Å². The number of halogens is 2. The lowest BCUT2D eigenvalue weighted by atomic mass is 10.0. The largest absolute Gasteiger partial charge is 0.493 e. The quantitative estimate of drug-likeness (QED) is 0.693. The zero-order chi connectivity index (χ0) is 13.8. The SMILES string of the molecule is COc1ccc(C(Br)c2ccccc2Br)cc1OC. The van der Waals surface area contributed by atoms with Gasteiger partial charge in [0, 0.05) is 4.47 Å². The van der Waals surface area contributed by atoms with Crippen LogP contribution in [0.4, 0.5) is 0 Å². The van der Waals surface area contributed by atoms with Gasteiger partial charge in [-0.25, -0.2) is 0 Å². The maximum Gasteiger partial charge on any atom is 0.161 e. The lowest BCUT2D eigenvalue weighted by molar-refractivity contribution is 0.354. The van der Waals surface area contributed by atoms with E-state index in [9.17, 15) is 0 Å². The van der Waals surface area contributed by atoms with Gasteiger partial charge in [-0.3, -0.25) is 0 Å². The molecule has 0 saturated heterocycles. The fraction of sp³-hybridized carbons (Fsp3) is 0.200. The molecule has 0 spiro atoms. The second kappa shape index (κ2) is 6.44. The smallest absolute Gasteiger partial charge is 0.161 e. The van der Waals surface area contributed by atoms with Gasteiger partial charge in [-0.2, -0.15) is 0 Å². The lowest BCUT2D eigenvalue weighted by Crippen LogP contribution is -1.96. The Morgan fingerprint density at radius 3 is 2.26 bits per heavy atom. The molecule has 0 saturated carbocycles. The summed E-state index contributed by atoms with van der Waals surface area (Å²) in [6, 6.07) is 14.1. The van der Waals surface area contributed by atoms with Crippen molar-refractivity contribution in [3.05, 3.63) is 58.1 Å². The summed E-state index contributed by atoms with van der Waals surface area (Å²) in [5, 5.41) is 0. The molecule has 0 aliphatic rings. The van der Waals surface area contributed by atoms with Gasteiger partial charge < -0.3 is 9.47 Å². The Labute approximate surface area is 130 Å². The molecule has 0 radical (unpaired) electrons. The number of ether oxygens (including phenoxy) is 2. The zero-order valence-corrected chi connectivity index (χ0v) is 13.9. The Kier molecular flexibility index (Phi) is 4.88. The summed E-state index contributed by atoms with van der Waals surface area (Å²) in [6.07, 6.45) is 0. The third kappa shape index (κ3) is 3.12. The molecule has 4 heteroatoms. The van der Waals surface area contributed by atoms with Gasteiger partial charge in [-0.1, -0.05) is 56.1 Å². The predicted octanol–water partition coefficient (Wildman–Crippen LogP) is 4.95. The van der Waals surface area contributed by atoms with Crippen molar-refractivity contribution in [3.8, 4) is 11.5 Å². The summed E-state index contributed by atoms with van der Waals surface area (Å²) in [5.41, 5.74) is 2.29. The summed E-state index contributed by atoms with van der Waals surface area (Å²) in [7, 11) is 3.28. The highest BCUT2D eigenvalue weighted by atomic mass is 79.9. The first-order valence-corrected chi connectivity index (χ1v) is 7.48. The van der Waals surface area contributed by atoms with Crippen LogP contribution in [-0.4, -0.2) is 14.2 Å². The normalized spacial score (nSPS) is 12.0. The predicted molar refractivity (Wildman–Crippen MR) is 84.5 cm³/mol. The number of hydrogen-bond acceptors (Lipinski definition) is 2. The molecule has 2 aromatic rings. The lowest BCUT2D eigenvalue weighted by Gasteiger charge is -2.15. The van der Waals surface area contributed by atoms with E-state index in [1.807, 2.05) is 36.4 Å². The van der Waals surface area contributed by atoms with Crippen LogP contribution in [0.25, 0.3) is 0 Å². The molecule has 0 aromatic heterocycles. The van der Waals surface area contributed by atoms with Crippen LogP contribution in [0.1, 0.15) is 16.0 Å². The van der Waals surface area contributed by atoms with Crippen molar-refractivity contribution in [2.45, 2.75) is 4.83 Å². The number of benzene rings is 2. The number of methoxy groups -OCH3 is 2. The van der Waals surface area contributed by atoms with E-state index < -0.39 is 0 Å². The van der Waals surface area contributed by atoms with Crippen molar-refractivity contribution in [1.82, 2.24) is 0 Å². The minimum atomic E-state index is 0.0999. The molecule has 0 fully saturated rings. The Morgan fingerprint density at radius 2 is 1.63 bits per heavy atom. The summed E-state index contributed by atoms with van der Waals surface area (Å²) in [6.45, 7) is 0. The Morgan fingerprint density at radius 1 is 0.947 bits per heavy atom. The van der Waals surface area contributed by atoms with E-state index in [2.05, 4.69) is 37.9 Å². The van der Waals surface area contributed by atoms with Crippen molar-refractivity contribution in [3.63, 3.8) is 0 Å². The van der Waals surface area contributed by atoms with Crippen molar-refractivity contribution in [2.75, 3.05) is 14.2 Å². The van der Waals surface area contributed by atoms with Gasteiger partial charge in [0.1, 0.15) is 0 Å². The van der Waals surface area contributed by atoms with Crippen molar-refractivity contribution in [2.24, 2.45) is 0 Å². The molecule has 0 aliphatic carbocycles. The van der Waals surface area contributed by atoms with Crippen LogP contribution < -0.4 is 9.47 Å². The zero-order valence-electron chi connectivity index (χ0n) is 10.7. The van der Waals surface area contributed by atoms with Gasteiger partial charge in [0.15, 0.2) is 11.5 Å². The standard InChI is InChI=1S/C15H14Br2O2/c1-18-13-8-7-10(9-14(13)19-2)15(17)11-5-3-4-6-12(11)16/h3-9,15H,1-2H3. The molecular formula is C15H14Br2O2. The highest BCUT2D eigenvalue weighted by Gasteiger charge is 2.15. The summed E-state index contributed by atoms with van der Waals surface area (Å²) in [5.74, 6) is 1.47. The van der Waals surface area contributed by atoms with Gasteiger partial charge in [0.2, 0.25) is 0 Å². The van der Waals surface area contributed by atoms with Crippen LogP contribution in [0, 0.1) is 0 Å². The van der Waals surface area contributed by atoms with Crippen LogP contribution in [0.3, 0.4) is 0 Å². The van der Waals surface area contributed by atoms with E-state index >= 15 is 0 Å². The average molecular weight is 386 g/mol. The molecular weight excluding hydrogens is 372 g/mol. The third-order valence-electron chi connectivity index (χ3n) is 2.88. The number of rotatable bonds is 4. The Balaban J connectivity index is 2.39.